The van der Waals surface area contributed by atoms with E-state index in [1.807, 2.05) is 30.3 Å². The van der Waals surface area contributed by atoms with Gasteiger partial charge < -0.3 is 0 Å². The van der Waals surface area contributed by atoms with Crippen LogP contribution in [0.2, 0.25) is 0 Å². The summed E-state index contributed by atoms with van der Waals surface area (Å²) < 4.78 is 0. The Hall–Kier alpha value is -0.870. The second kappa shape index (κ2) is 6.90. The quantitative estimate of drug-likeness (QED) is 0.685. The van der Waals surface area contributed by atoms with E-state index in [1.54, 1.807) is 0 Å². The van der Waals surface area contributed by atoms with Crippen molar-refractivity contribution in [1.82, 2.24) is 5.48 Å². The Morgan fingerprint density at radius 3 is 2.72 bits per heavy atom. The zero-order valence-corrected chi connectivity index (χ0v) is 11.9. The van der Waals surface area contributed by atoms with Gasteiger partial charge in [-0.25, -0.2) is 5.48 Å². The average Bonchev–Trinajstić information content (AvgIpc) is 2.40. The average molecular weight is 312 g/mol. The highest BCUT2D eigenvalue weighted by molar-refractivity contribution is 9.09. The molecule has 0 aromatic heterocycles. The number of benzene rings is 1. The van der Waals surface area contributed by atoms with Gasteiger partial charge in [-0.3, -0.25) is 9.63 Å². The number of nitrogens with one attached hydrogen (secondary N) is 1. The Kier molecular flexibility index (Phi) is 5.20. The van der Waals surface area contributed by atoms with E-state index in [2.05, 4.69) is 21.4 Å². The summed E-state index contributed by atoms with van der Waals surface area (Å²) in [6.07, 6.45) is 4.33. The third kappa shape index (κ3) is 3.82. The monoisotopic (exact) mass is 311 g/mol. The van der Waals surface area contributed by atoms with Gasteiger partial charge in [0.2, 0.25) is 5.91 Å². The predicted octanol–water partition coefficient (Wildman–Crippen LogP) is 3.19. The molecule has 1 N–H and O–H groups in total. The molecule has 1 amide bonds. The summed E-state index contributed by atoms with van der Waals surface area (Å²) in [5, 5.41) is 0. The molecule has 0 radical (unpaired) electrons. The molecule has 2 atom stereocenters. The molecule has 0 saturated heterocycles. The van der Waals surface area contributed by atoms with E-state index in [-0.39, 0.29) is 16.7 Å². The normalized spacial score (nSPS) is 23.6. The van der Waals surface area contributed by atoms with Crippen molar-refractivity contribution in [2.24, 2.45) is 5.92 Å². The minimum Gasteiger partial charge on any atom is -0.272 e. The van der Waals surface area contributed by atoms with Crippen LogP contribution in [-0.4, -0.2) is 10.7 Å². The largest absolute Gasteiger partial charge is 0.272 e. The van der Waals surface area contributed by atoms with Crippen molar-refractivity contribution in [2.45, 2.75) is 37.1 Å². The lowest BCUT2D eigenvalue weighted by Crippen LogP contribution is -2.37. The Morgan fingerprint density at radius 2 is 2.00 bits per heavy atom. The fourth-order valence-corrected chi connectivity index (χ4v) is 3.05. The Morgan fingerprint density at radius 1 is 1.28 bits per heavy atom. The highest BCUT2D eigenvalue weighted by Crippen LogP contribution is 2.29. The van der Waals surface area contributed by atoms with E-state index in [4.69, 9.17) is 4.84 Å². The summed E-state index contributed by atoms with van der Waals surface area (Å²) in [6.45, 7) is 0.409. The molecule has 2 unspecified atom stereocenters. The van der Waals surface area contributed by atoms with Crippen LogP contribution < -0.4 is 5.48 Å². The molecule has 1 aliphatic carbocycles. The molecule has 18 heavy (non-hydrogen) atoms. The molecule has 3 nitrogen and oxygen atoms in total. The van der Waals surface area contributed by atoms with E-state index in [0.717, 1.165) is 24.8 Å². The lowest BCUT2D eigenvalue weighted by Gasteiger charge is -2.25. The van der Waals surface area contributed by atoms with Gasteiger partial charge in [0.1, 0.15) is 0 Å². The van der Waals surface area contributed by atoms with Crippen molar-refractivity contribution in [3.05, 3.63) is 35.9 Å². The maximum atomic E-state index is 11.9. The van der Waals surface area contributed by atoms with E-state index in [9.17, 15) is 4.79 Å². The summed E-state index contributed by atoms with van der Waals surface area (Å²) in [5.41, 5.74) is 3.61. The highest BCUT2D eigenvalue weighted by atomic mass is 79.9. The number of alkyl halides is 1. The number of hydrogen-bond acceptors (Lipinski definition) is 2. The number of carbonyl (C=O) groups is 1. The highest BCUT2D eigenvalue weighted by Gasteiger charge is 2.29. The lowest BCUT2D eigenvalue weighted by molar-refractivity contribution is -0.139. The fraction of sp³-hybridized carbons (Fsp3) is 0.500. The van der Waals surface area contributed by atoms with Crippen LogP contribution in [0.5, 0.6) is 0 Å². The first-order chi connectivity index (χ1) is 8.77. The van der Waals surface area contributed by atoms with Crippen LogP contribution in [-0.2, 0) is 16.2 Å². The van der Waals surface area contributed by atoms with Crippen LogP contribution in [0.25, 0.3) is 0 Å². The SMILES string of the molecule is O=C(NOCc1ccccc1)C1CCCCC1Br. The standard InChI is InChI=1S/C14H18BrNO2/c15-13-9-5-4-8-12(13)14(17)16-18-10-11-6-2-1-3-7-11/h1-3,6-7,12-13H,4-5,8-10H2,(H,16,17). The molecular formula is C14H18BrNO2. The molecule has 1 saturated carbocycles. The third-order valence-corrected chi connectivity index (χ3v) is 4.37. The summed E-state index contributed by atoms with van der Waals surface area (Å²) in [7, 11) is 0. The van der Waals surface area contributed by atoms with Crippen LogP contribution in [0.1, 0.15) is 31.2 Å². The van der Waals surface area contributed by atoms with Crippen molar-refractivity contribution in [3.63, 3.8) is 0 Å². The van der Waals surface area contributed by atoms with Crippen molar-refractivity contribution in [3.8, 4) is 0 Å². The van der Waals surface area contributed by atoms with Crippen LogP contribution in [0.3, 0.4) is 0 Å². The van der Waals surface area contributed by atoms with Crippen LogP contribution in [0, 0.1) is 5.92 Å². The van der Waals surface area contributed by atoms with Crippen LogP contribution >= 0.6 is 15.9 Å². The number of halogens is 1. The number of hydroxylamine groups is 1. The molecule has 0 heterocycles. The van der Waals surface area contributed by atoms with Gasteiger partial charge in [-0.2, -0.15) is 0 Å². The van der Waals surface area contributed by atoms with Crippen molar-refractivity contribution in [2.75, 3.05) is 0 Å². The zero-order chi connectivity index (χ0) is 12.8. The van der Waals surface area contributed by atoms with Gasteiger partial charge in [0.25, 0.3) is 0 Å². The number of rotatable bonds is 4. The van der Waals surface area contributed by atoms with Gasteiger partial charge in [-0.05, 0) is 18.4 Å². The van der Waals surface area contributed by atoms with Gasteiger partial charge in [0, 0.05) is 4.83 Å². The van der Waals surface area contributed by atoms with Crippen molar-refractivity contribution < 1.29 is 9.63 Å². The second-order valence-electron chi connectivity index (χ2n) is 4.65. The molecule has 1 aliphatic rings. The molecule has 98 valence electrons. The molecule has 0 spiro atoms. The molecule has 4 heteroatoms. The molecule has 1 aromatic carbocycles. The first kappa shape index (κ1) is 13.6. The lowest BCUT2D eigenvalue weighted by atomic mass is 9.89. The van der Waals surface area contributed by atoms with E-state index < -0.39 is 0 Å². The Balaban J connectivity index is 1.74. The minimum absolute atomic E-state index is 0.00694. The molecule has 0 aliphatic heterocycles. The summed E-state index contributed by atoms with van der Waals surface area (Å²) in [4.78, 5) is 17.5. The molecule has 1 aromatic rings. The van der Waals surface area contributed by atoms with Gasteiger partial charge in [0.15, 0.2) is 0 Å². The molecule has 1 fully saturated rings. The summed E-state index contributed by atoms with van der Waals surface area (Å²) in [6, 6.07) is 9.81. The van der Waals surface area contributed by atoms with Crippen LogP contribution in [0.15, 0.2) is 30.3 Å². The van der Waals surface area contributed by atoms with Crippen molar-refractivity contribution >= 4 is 21.8 Å². The first-order valence-electron chi connectivity index (χ1n) is 6.37. The molecule has 2 rings (SSSR count). The van der Waals surface area contributed by atoms with Crippen LogP contribution in [0.4, 0.5) is 0 Å². The van der Waals surface area contributed by atoms with Gasteiger partial charge >= 0.3 is 0 Å². The minimum atomic E-state index is -0.00694. The maximum Gasteiger partial charge on any atom is 0.247 e. The number of amides is 1. The van der Waals surface area contributed by atoms with Gasteiger partial charge in [0.05, 0.1) is 12.5 Å². The van der Waals surface area contributed by atoms with Crippen molar-refractivity contribution in [1.29, 1.82) is 0 Å². The summed E-state index contributed by atoms with van der Waals surface area (Å²) >= 11 is 3.58. The fourth-order valence-electron chi connectivity index (χ4n) is 2.22. The molecule has 0 bridgehead atoms. The Labute approximate surface area is 116 Å². The van der Waals surface area contributed by atoms with E-state index in [0.29, 0.717) is 6.61 Å². The second-order valence-corrected chi connectivity index (χ2v) is 5.82. The summed E-state index contributed by atoms with van der Waals surface area (Å²) in [5.74, 6) is 0.0297. The smallest absolute Gasteiger partial charge is 0.247 e. The molecular weight excluding hydrogens is 294 g/mol. The van der Waals surface area contributed by atoms with E-state index >= 15 is 0 Å². The first-order valence-corrected chi connectivity index (χ1v) is 7.28. The topological polar surface area (TPSA) is 38.3 Å². The predicted molar refractivity (Wildman–Crippen MR) is 74.0 cm³/mol. The van der Waals surface area contributed by atoms with Gasteiger partial charge in [-0.15, -0.1) is 0 Å². The third-order valence-electron chi connectivity index (χ3n) is 3.27. The maximum absolute atomic E-state index is 11.9. The number of hydrogen-bond donors (Lipinski definition) is 1. The number of carbonyl (C=O) groups excluding carboxylic acids is 1. The van der Waals surface area contributed by atoms with Gasteiger partial charge in [-0.1, -0.05) is 59.1 Å². The zero-order valence-electron chi connectivity index (χ0n) is 10.3. The Bertz CT molecular complexity index is 383. The van der Waals surface area contributed by atoms with E-state index in [1.165, 1.54) is 6.42 Å².